The normalized spacial score (nSPS) is 19.6. The molecule has 1 aromatic heterocycles. The minimum absolute atomic E-state index is 0.0756. The molecule has 0 spiro atoms. The summed E-state index contributed by atoms with van der Waals surface area (Å²) in [5.41, 5.74) is 0.943. The lowest BCUT2D eigenvalue weighted by Gasteiger charge is -2.25. The third kappa shape index (κ3) is 4.30. The van der Waals surface area contributed by atoms with Crippen LogP contribution in [-0.2, 0) is 9.53 Å². The third-order valence-corrected chi connectivity index (χ3v) is 5.35. The summed E-state index contributed by atoms with van der Waals surface area (Å²) in [6, 6.07) is 9.87. The number of amides is 1. The number of hydrogen-bond donors (Lipinski definition) is 1. The third-order valence-electron chi connectivity index (χ3n) is 5.35. The van der Waals surface area contributed by atoms with Crippen LogP contribution in [0.1, 0.15) is 49.6 Å². The van der Waals surface area contributed by atoms with E-state index >= 15 is 0 Å². The fraction of sp³-hybridized carbons (Fsp3) is 0.550. The number of nitrogens with one attached hydrogen (secondary N) is 1. The number of carbonyl (C=O) groups is 1. The second-order valence-electron chi connectivity index (χ2n) is 7.21. The van der Waals surface area contributed by atoms with Gasteiger partial charge in [-0.2, -0.15) is 0 Å². The predicted octanol–water partition coefficient (Wildman–Crippen LogP) is 2.69. The number of carbonyl (C=O) groups excluding carboxylic acids is 1. The molecular weight excluding hydrogens is 344 g/mol. The smallest absolute Gasteiger partial charge is 0.318 e. The molecule has 7 heteroatoms. The van der Waals surface area contributed by atoms with Crippen molar-refractivity contribution in [3.63, 3.8) is 0 Å². The second-order valence-corrected chi connectivity index (χ2v) is 7.21. The van der Waals surface area contributed by atoms with Gasteiger partial charge in [0.15, 0.2) is 0 Å². The first-order chi connectivity index (χ1) is 13.3. The van der Waals surface area contributed by atoms with Crippen molar-refractivity contribution in [1.82, 2.24) is 15.5 Å². The Kier molecular flexibility index (Phi) is 5.67. The van der Waals surface area contributed by atoms with Crippen LogP contribution in [0.2, 0.25) is 0 Å². The van der Waals surface area contributed by atoms with Crippen LogP contribution in [0.5, 0.6) is 0 Å². The average molecular weight is 370 g/mol. The van der Waals surface area contributed by atoms with Gasteiger partial charge in [0.25, 0.3) is 0 Å². The fourth-order valence-electron chi connectivity index (χ4n) is 3.78. The molecule has 2 heterocycles. The summed E-state index contributed by atoms with van der Waals surface area (Å²) in [4.78, 5) is 14.9. The van der Waals surface area contributed by atoms with Crippen molar-refractivity contribution in [3.8, 4) is 0 Å². The minimum atomic E-state index is -0.428. The first-order valence-corrected chi connectivity index (χ1v) is 9.82. The van der Waals surface area contributed by atoms with Gasteiger partial charge in [0, 0.05) is 19.0 Å². The minimum Gasteiger partial charge on any atom is -0.405 e. The zero-order valence-corrected chi connectivity index (χ0v) is 15.5. The molecule has 1 aliphatic carbocycles. The molecule has 7 nitrogen and oxygen atoms in total. The Hall–Kier alpha value is -2.41. The Morgan fingerprint density at radius 2 is 1.81 bits per heavy atom. The van der Waals surface area contributed by atoms with E-state index in [4.69, 9.17) is 9.15 Å². The molecule has 1 saturated heterocycles. The zero-order chi connectivity index (χ0) is 18.5. The maximum Gasteiger partial charge on any atom is 0.318 e. The standard InChI is InChI=1S/C20H26N4O3/c25-18(16-9-5-2-6-10-16)21-17(15-7-3-1-4-8-15)19-22-23-20(27-19)24-11-13-26-14-12-24/h1,3-4,7-8,16-17H,2,5-6,9-14H2,(H,21,25)/t17-/m1/s1. The van der Waals surface area contributed by atoms with Gasteiger partial charge in [-0.3, -0.25) is 4.79 Å². The van der Waals surface area contributed by atoms with Gasteiger partial charge in [0.2, 0.25) is 11.8 Å². The molecule has 1 atom stereocenters. The van der Waals surface area contributed by atoms with Crippen LogP contribution in [0.25, 0.3) is 0 Å². The van der Waals surface area contributed by atoms with E-state index in [0.29, 0.717) is 25.1 Å². The van der Waals surface area contributed by atoms with E-state index in [9.17, 15) is 4.79 Å². The van der Waals surface area contributed by atoms with Crippen molar-refractivity contribution in [2.45, 2.75) is 38.1 Å². The number of aromatic nitrogens is 2. The largest absolute Gasteiger partial charge is 0.405 e. The number of hydrogen-bond acceptors (Lipinski definition) is 6. The first-order valence-electron chi connectivity index (χ1n) is 9.82. The first kappa shape index (κ1) is 18.0. The predicted molar refractivity (Wildman–Crippen MR) is 100 cm³/mol. The molecule has 0 unspecified atom stereocenters. The van der Waals surface area contributed by atoms with Crippen LogP contribution in [0.4, 0.5) is 6.01 Å². The lowest BCUT2D eigenvalue weighted by atomic mass is 9.88. The van der Waals surface area contributed by atoms with E-state index < -0.39 is 6.04 Å². The van der Waals surface area contributed by atoms with Gasteiger partial charge in [-0.25, -0.2) is 0 Å². The van der Waals surface area contributed by atoms with Crippen LogP contribution in [0.3, 0.4) is 0 Å². The lowest BCUT2D eigenvalue weighted by Crippen LogP contribution is -2.36. The van der Waals surface area contributed by atoms with Crippen LogP contribution in [0.15, 0.2) is 34.7 Å². The molecule has 4 rings (SSSR count). The number of ether oxygens (including phenoxy) is 1. The summed E-state index contributed by atoms with van der Waals surface area (Å²) in [6.45, 7) is 2.76. The summed E-state index contributed by atoms with van der Waals surface area (Å²) in [5.74, 6) is 0.577. The van der Waals surface area contributed by atoms with Gasteiger partial charge in [0.05, 0.1) is 13.2 Å². The molecule has 2 aliphatic rings. The van der Waals surface area contributed by atoms with Crippen LogP contribution >= 0.6 is 0 Å². The summed E-state index contributed by atoms with van der Waals surface area (Å²) in [7, 11) is 0. The molecule has 1 saturated carbocycles. The molecule has 0 bridgehead atoms. The molecule has 2 aromatic rings. The molecule has 1 aliphatic heterocycles. The van der Waals surface area contributed by atoms with E-state index in [-0.39, 0.29) is 11.8 Å². The van der Waals surface area contributed by atoms with Gasteiger partial charge in [-0.15, -0.1) is 5.10 Å². The highest BCUT2D eigenvalue weighted by Crippen LogP contribution is 2.28. The Labute approximate surface area is 159 Å². The molecule has 2 fully saturated rings. The van der Waals surface area contributed by atoms with Gasteiger partial charge in [0.1, 0.15) is 6.04 Å². The summed E-state index contributed by atoms with van der Waals surface area (Å²) < 4.78 is 11.3. The van der Waals surface area contributed by atoms with Crippen LogP contribution in [-0.4, -0.2) is 42.4 Å². The number of morpholine rings is 1. The molecule has 1 amide bonds. The Balaban J connectivity index is 1.55. The monoisotopic (exact) mass is 370 g/mol. The highest BCUT2D eigenvalue weighted by atomic mass is 16.5. The van der Waals surface area contributed by atoms with Crippen molar-refractivity contribution in [3.05, 3.63) is 41.8 Å². The number of anilines is 1. The number of rotatable bonds is 5. The van der Waals surface area contributed by atoms with Gasteiger partial charge < -0.3 is 19.4 Å². The van der Waals surface area contributed by atoms with Crippen molar-refractivity contribution >= 4 is 11.9 Å². The van der Waals surface area contributed by atoms with Gasteiger partial charge >= 0.3 is 6.01 Å². The number of benzene rings is 1. The SMILES string of the molecule is O=C(N[C@H](c1ccccc1)c1nnc(N2CCOCC2)o1)C1CCCCC1. The highest BCUT2D eigenvalue weighted by molar-refractivity contribution is 5.79. The zero-order valence-electron chi connectivity index (χ0n) is 15.5. The lowest BCUT2D eigenvalue weighted by molar-refractivity contribution is -0.126. The number of nitrogens with zero attached hydrogens (tertiary/aromatic N) is 3. The Bertz CT molecular complexity index is 737. The quantitative estimate of drug-likeness (QED) is 0.872. The van der Waals surface area contributed by atoms with E-state index in [1.807, 2.05) is 35.2 Å². The van der Waals surface area contributed by atoms with Gasteiger partial charge in [-0.1, -0.05) is 54.7 Å². The maximum absolute atomic E-state index is 12.8. The molecule has 0 radical (unpaired) electrons. The van der Waals surface area contributed by atoms with Crippen LogP contribution < -0.4 is 10.2 Å². The van der Waals surface area contributed by atoms with Crippen LogP contribution in [0, 0.1) is 5.92 Å². The highest BCUT2D eigenvalue weighted by Gasteiger charge is 2.28. The van der Waals surface area contributed by atoms with Crippen molar-refractivity contribution in [2.24, 2.45) is 5.92 Å². The van der Waals surface area contributed by atoms with Crippen molar-refractivity contribution in [1.29, 1.82) is 0 Å². The van der Waals surface area contributed by atoms with E-state index in [1.54, 1.807) is 0 Å². The summed E-state index contributed by atoms with van der Waals surface area (Å²) in [6.07, 6.45) is 5.37. The molecule has 27 heavy (non-hydrogen) atoms. The van der Waals surface area contributed by atoms with Crippen molar-refractivity contribution in [2.75, 3.05) is 31.2 Å². The molecule has 1 N–H and O–H groups in total. The topological polar surface area (TPSA) is 80.5 Å². The molecular formula is C20H26N4O3. The maximum atomic E-state index is 12.8. The van der Waals surface area contributed by atoms with E-state index in [2.05, 4.69) is 15.5 Å². The summed E-state index contributed by atoms with van der Waals surface area (Å²) in [5, 5.41) is 11.6. The summed E-state index contributed by atoms with van der Waals surface area (Å²) >= 11 is 0. The van der Waals surface area contributed by atoms with E-state index in [1.165, 1.54) is 6.42 Å². The molecule has 144 valence electrons. The Morgan fingerprint density at radius 3 is 2.56 bits per heavy atom. The average Bonchev–Trinajstić information content (AvgIpc) is 3.24. The van der Waals surface area contributed by atoms with Gasteiger partial charge in [-0.05, 0) is 18.4 Å². The fourth-order valence-corrected chi connectivity index (χ4v) is 3.78. The van der Waals surface area contributed by atoms with E-state index in [0.717, 1.165) is 44.3 Å². The Morgan fingerprint density at radius 1 is 1.07 bits per heavy atom. The molecule has 1 aromatic carbocycles. The van der Waals surface area contributed by atoms with Crippen molar-refractivity contribution < 1.29 is 13.9 Å². The second kappa shape index (κ2) is 8.52.